The van der Waals surface area contributed by atoms with Crippen LogP contribution in [-0.2, 0) is 4.79 Å². The molecule has 3 nitrogen and oxygen atoms in total. The van der Waals surface area contributed by atoms with Crippen molar-refractivity contribution in [3.05, 3.63) is 23.2 Å². The van der Waals surface area contributed by atoms with Crippen molar-refractivity contribution in [3.8, 4) is 5.75 Å². The van der Waals surface area contributed by atoms with Gasteiger partial charge in [-0.05, 0) is 43.4 Å². The number of ether oxygens (including phenoxy) is 1. The minimum absolute atomic E-state index is 0.0560. The van der Waals surface area contributed by atoms with Gasteiger partial charge in [0.1, 0.15) is 5.75 Å². The molecule has 0 bridgehead atoms. The summed E-state index contributed by atoms with van der Waals surface area (Å²) in [5.74, 6) is 1.28. The number of anilines is 1. The van der Waals surface area contributed by atoms with Gasteiger partial charge in [-0.25, -0.2) is 0 Å². The lowest BCUT2D eigenvalue weighted by molar-refractivity contribution is -0.117. The van der Waals surface area contributed by atoms with E-state index < -0.39 is 0 Å². The van der Waals surface area contributed by atoms with Gasteiger partial charge in [-0.1, -0.05) is 31.4 Å². The van der Waals surface area contributed by atoms with Gasteiger partial charge >= 0.3 is 0 Å². The van der Waals surface area contributed by atoms with E-state index in [2.05, 4.69) is 5.32 Å². The Balaban J connectivity index is 1.98. The van der Waals surface area contributed by atoms with E-state index in [0.29, 0.717) is 35.4 Å². The number of rotatable bonds is 6. The van der Waals surface area contributed by atoms with Crippen LogP contribution in [0.3, 0.4) is 0 Å². The fourth-order valence-electron chi connectivity index (χ4n) is 2.62. The van der Waals surface area contributed by atoms with Crippen LogP contribution >= 0.6 is 11.6 Å². The van der Waals surface area contributed by atoms with Crippen molar-refractivity contribution in [2.75, 3.05) is 11.9 Å². The molecule has 1 saturated carbocycles. The van der Waals surface area contributed by atoms with Crippen LogP contribution in [0.4, 0.5) is 5.69 Å². The molecule has 0 aromatic heterocycles. The second-order valence-corrected chi connectivity index (χ2v) is 5.83. The van der Waals surface area contributed by atoms with E-state index >= 15 is 0 Å². The Hall–Kier alpha value is -1.22. The van der Waals surface area contributed by atoms with Gasteiger partial charge in [0.05, 0.1) is 12.3 Å². The topological polar surface area (TPSA) is 38.3 Å². The van der Waals surface area contributed by atoms with Crippen LogP contribution in [-0.4, -0.2) is 12.5 Å². The molecule has 0 aliphatic heterocycles. The molecular formula is C16H22ClNO2. The second kappa shape index (κ2) is 7.53. The Labute approximate surface area is 125 Å². The molecule has 0 heterocycles. The minimum Gasteiger partial charge on any atom is -0.491 e. The summed E-state index contributed by atoms with van der Waals surface area (Å²) in [4.78, 5) is 12.1. The number of carbonyl (C=O) groups excluding carboxylic acids is 1. The smallest absolute Gasteiger partial charge is 0.224 e. The summed E-state index contributed by atoms with van der Waals surface area (Å²) in [6, 6.07) is 5.33. The van der Waals surface area contributed by atoms with Crippen molar-refractivity contribution >= 4 is 23.2 Å². The zero-order valence-corrected chi connectivity index (χ0v) is 12.7. The summed E-state index contributed by atoms with van der Waals surface area (Å²) in [5.41, 5.74) is 0.675. The van der Waals surface area contributed by atoms with Crippen molar-refractivity contribution in [1.29, 1.82) is 0 Å². The summed E-state index contributed by atoms with van der Waals surface area (Å²) < 4.78 is 5.64. The van der Waals surface area contributed by atoms with Gasteiger partial charge in [0.15, 0.2) is 0 Å². The van der Waals surface area contributed by atoms with Crippen molar-refractivity contribution in [1.82, 2.24) is 0 Å². The van der Waals surface area contributed by atoms with E-state index in [4.69, 9.17) is 16.3 Å². The average Bonchev–Trinajstić information content (AvgIpc) is 2.90. The SMILES string of the molecule is CCCOc1ccc(Cl)cc1NC(=O)CC1CCCC1. The molecule has 2 rings (SSSR count). The van der Waals surface area contributed by atoms with Gasteiger partial charge in [0.2, 0.25) is 5.91 Å². The van der Waals surface area contributed by atoms with Crippen LogP contribution in [0, 0.1) is 5.92 Å². The second-order valence-electron chi connectivity index (χ2n) is 5.39. The first-order valence-corrected chi connectivity index (χ1v) is 7.79. The number of hydrogen-bond acceptors (Lipinski definition) is 2. The molecule has 110 valence electrons. The Morgan fingerprint density at radius 3 is 2.85 bits per heavy atom. The van der Waals surface area contributed by atoms with Crippen molar-refractivity contribution in [2.45, 2.75) is 45.4 Å². The number of benzene rings is 1. The van der Waals surface area contributed by atoms with Gasteiger partial charge in [-0.3, -0.25) is 4.79 Å². The fraction of sp³-hybridized carbons (Fsp3) is 0.562. The lowest BCUT2D eigenvalue weighted by Crippen LogP contribution is -2.16. The third-order valence-electron chi connectivity index (χ3n) is 3.63. The van der Waals surface area contributed by atoms with Gasteiger partial charge in [0.25, 0.3) is 0 Å². The van der Waals surface area contributed by atoms with Crippen molar-refractivity contribution in [3.63, 3.8) is 0 Å². The maximum Gasteiger partial charge on any atom is 0.224 e. The number of hydrogen-bond donors (Lipinski definition) is 1. The first-order valence-electron chi connectivity index (χ1n) is 7.41. The molecule has 1 aliphatic carbocycles. The van der Waals surface area contributed by atoms with Crippen molar-refractivity contribution < 1.29 is 9.53 Å². The normalized spacial score (nSPS) is 15.3. The average molecular weight is 296 g/mol. The molecular weight excluding hydrogens is 274 g/mol. The summed E-state index contributed by atoms with van der Waals surface area (Å²) in [6.45, 7) is 2.68. The van der Waals surface area contributed by atoms with Gasteiger partial charge in [-0.2, -0.15) is 0 Å². The highest BCUT2D eigenvalue weighted by Crippen LogP contribution is 2.31. The van der Waals surface area contributed by atoms with E-state index in [0.717, 1.165) is 6.42 Å². The summed E-state index contributed by atoms with van der Waals surface area (Å²) >= 11 is 6.00. The molecule has 1 fully saturated rings. The molecule has 1 aliphatic rings. The van der Waals surface area contributed by atoms with E-state index in [1.807, 2.05) is 13.0 Å². The molecule has 1 N–H and O–H groups in total. The highest BCUT2D eigenvalue weighted by molar-refractivity contribution is 6.31. The quantitative estimate of drug-likeness (QED) is 0.830. The van der Waals surface area contributed by atoms with Gasteiger partial charge in [0, 0.05) is 11.4 Å². The number of carbonyl (C=O) groups is 1. The summed E-state index contributed by atoms with van der Waals surface area (Å²) in [5, 5.41) is 3.54. The van der Waals surface area contributed by atoms with E-state index in [9.17, 15) is 4.79 Å². The monoisotopic (exact) mass is 295 g/mol. The minimum atomic E-state index is 0.0560. The van der Waals surface area contributed by atoms with Crippen LogP contribution in [0.15, 0.2) is 18.2 Å². The maximum atomic E-state index is 12.1. The van der Waals surface area contributed by atoms with Gasteiger partial charge in [-0.15, -0.1) is 0 Å². The van der Waals surface area contributed by atoms with Gasteiger partial charge < -0.3 is 10.1 Å². The van der Waals surface area contributed by atoms with Crippen LogP contribution in [0.5, 0.6) is 5.75 Å². The highest BCUT2D eigenvalue weighted by Gasteiger charge is 2.19. The molecule has 0 atom stereocenters. The van der Waals surface area contributed by atoms with E-state index in [1.165, 1.54) is 25.7 Å². The molecule has 20 heavy (non-hydrogen) atoms. The molecule has 1 amide bonds. The maximum absolute atomic E-state index is 12.1. The Kier molecular flexibility index (Phi) is 5.72. The number of nitrogens with one attached hydrogen (secondary N) is 1. The predicted molar refractivity (Wildman–Crippen MR) is 82.4 cm³/mol. The summed E-state index contributed by atoms with van der Waals surface area (Å²) in [6.07, 6.45) is 6.36. The van der Waals surface area contributed by atoms with Crippen molar-refractivity contribution in [2.24, 2.45) is 5.92 Å². The largest absolute Gasteiger partial charge is 0.491 e. The lowest BCUT2D eigenvalue weighted by atomic mass is 10.0. The third-order valence-corrected chi connectivity index (χ3v) is 3.86. The Morgan fingerprint density at radius 1 is 1.40 bits per heavy atom. The Bertz CT molecular complexity index is 456. The number of amides is 1. The standard InChI is InChI=1S/C16H22ClNO2/c1-2-9-20-15-8-7-13(17)11-14(15)18-16(19)10-12-5-3-4-6-12/h7-8,11-12H,2-6,9-10H2,1H3,(H,18,19). The van der Waals surface area contributed by atoms with E-state index in [-0.39, 0.29) is 5.91 Å². The zero-order valence-electron chi connectivity index (χ0n) is 12.0. The molecule has 0 unspecified atom stereocenters. The zero-order chi connectivity index (χ0) is 14.4. The Morgan fingerprint density at radius 2 is 2.15 bits per heavy atom. The molecule has 1 aromatic carbocycles. The fourth-order valence-corrected chi connectivity index (χ4v) is 2.79. The first-order chi connectivity index (χ1) is 9.69. The predicted octanol–water partition coefficient (Wildman–Crippen LogP) is 4.65. The summed E-state index contributed by atoms with van der Waals surface area (Å²) in [7, 11) is 0. The van der Waals surface area contributed by atoms with E-state index in [1.54, 1.807) is 12.1 Å². The van der Waals surface area contributed by atoms with Crippen LogP contribution < -0.4 is 10.1 Å². The molecule has 0 radical (unpaired) electrons. The molecule has 1 aromatic rings. The van der Waals surface area contributed by atoms with Crippen LogP contribution in [0.2, 0.25) is 5.02 Å². The molecule has 0 saturated heterocycles. The highest BCUT2D eigenvalue weighted by atomic mass is 35.5. The third kappa shape index (κ3) is 4.41. The number of halogens is 1. The lowest BCUT2D eigenvalue weighted by Gasteiger charge is -2.14. The van der Waals surface area contributed by atoms with Crippen LogP contribution in [0.1, 0.15) is 45.4 Å². The first kappa shape index (κ1) is 15.2. The molecule has 4 heteroatoms. The van der Waals surface area contributed by atoms with Crippen LogP contribution in [0.25, 0.3) is 0 Å². The molecule has 0 spiro atoms.